The van der Waals surface area contributed by atoms with Crippen LogP contribution in [-0.4, -0.2) is 53.1 Å². The van der Waals surface area contributed by atoms with E-state index in [0.29, 0.717) is 5.02 Å². The van der Waals surface area contributed by atoms with Gasteiger partial charge in [-0.3, -0.25) is 9.69 Å². The molecular formula is C16H23ClN2O2. The Bertz CT molecular complexity index is 495. The lowest BCUT2D eigenvalue weighted by atomic mass is 10.0. The van der Waals surface area contributed by atoms with E-state index in [1.807, 2.05) is 12.1 Å². The Kier molecular flexibility index (Phi) is 5.62. The van der Waals surface area contributed by atoms with E-state index in [0.717, 1.165) is 38.2 Å². The number of hydrogen-bond acceptors (Lipinski definition) is 3. The van der Waals surface area contributed by atoms with Gasteiger partial charge in [0.2, 0.25) is 0 Å². The molecule has 0 saturated carbocycles. The smallest absolute Gasteiger partial charge is 0.325 e. The molecule has 0 bridgehead atoms. The van der Waals surface area contributed by atoms with Gasteiger partial charge in [-0.15, -0.1) is 0 Å². The Morgan fingerprint density at radius 3 is 2.81 bits per heavy atom. The Morgan fingerprint density at radius 1 is 1.48 bits per heavy atom. The van der Waals surface area contributed by atoms with E-state index in [-0.39, 0.29) is 6.04 Å². The summed E-state index contributed by atoms with van der Waals surface area (Å²) in [6.45, 7) is 7.95. The number of carboxylic acid groups (broad SMARTS) is 1. The van der Waals surface area contributed by atoms with Crippen LogP contribution in [0.25, 0.3) is 0 Å². The topological polar surface area (TPSA) is 43.8 Å². The predicted octanol–water partition coefficient (Wildman–Crippen LogP) is 2.88. The molecule has 1 saturated heterocycles. The maximum absolute atomic E-state index is 11.8. The maximum Gasteiger partial charge on any atom is 0.325 e. The molecule has 116 valence electrons. The van der Waals surface area contributed by atoms with Gasteiger partial charge in [0, 0.05) is 30.7 Å². The van der Waals surface area contributed by atoms with Gasteiger partial charge >= 0.3 is 5.97 Å². The van der Waals surface area contributed by atoms with Gasteiger partial charge in [0.05, 0.1) is 0 Å². The Morgan fingerprint density at radius 2 is 2.24 bits per heavy atom. The van der Waals surface area contributed by atoms with Gasteiger partial charge in [0.25, 0.3) is 0 Å². The lowest BCUT2D eigenvalue weighted by Crippen LogP contribution is -2.54. The van der Waals surface area contributed by atoms with Crippen LogP contribution >= 0.6 is 11.6 Å². The predicted molar refractivity (Wildman–Crippen MR) is 84.7 cm³/mol. The molecule has 0 amide bonds. The third-order valence-electron chi connectivity index (χ3n) is 4.03. The van der Waals surface area contributed by atoms with E-state index >= 15 is 0 Å². The minimum absolute atomic E-state index is 0.213. The van der Waals surface area contributed by atoms with Crippen LogP contribution in [0.15, 0.2) is 24.3 Å². The highest BCUT2D eigenvalue weighted by Crippen LogP contribution is 2.27. The fraction of sp³-hybridized carbons (Fsp3) is 0.562. The highest BCUT2D eigenvalue weighted by molar-refractivity contribution is 6.30. The SMILES string of the molecule is CCCN1CCN(C(C(=O)O)c2cccc(Cl)c2)C(C)C1. The monoisotopic (exact) mass is 310 g/mol. The average molecular weight is 311 g/mol. The third kappa shape index (κ3) is 3.96. The normalized spacial score (nSPS) is 22.1. The van der Waals surface area contributed by atoms with Crippen LogP contribution in [0.1, 0.15) is 31.9 Å². The second kappa shape index (κ2) is 7.25. The molecule has 4 nitrogen and oxygen atoms in total. The molecule has 0 radical (unpaired) electrons. The van der Waals surface area contributed by atoms with Gasteiger partial charge < -0.3 is 10.0 Å². The summed E-state index contributed by atoms with van der Waals surface area (Å²) in [6.07, 6.45) is 1.13. The van der Waals surface area contributed by atoms with Crippen molar-refractivity contribution in [1.29, 1.82) is 0 Å². The van der Waals surface area contributed by atoms with Crippen molar-refractivity contribution in [2.75, 3.05) is 26.2 Å². The van der Waals surface area contributed by atoms with Crippen LogP contribution in [0.2, 0.25) is 5.02 Å². The summed E-state index contributed by atoms with van der Waals surface area (Å²) in [5.41, 5.74) is 0.755. The molecule has 1 fully saturated rings. The van der Waals surface area contributed by atoms with Crippen LogP contribution in [0.3, 0.4) is 0 Å². The minimum Gasteiger partial charge on any atom is -0.480 e. The summed E-state index contributed by atoms with van der Waals surface area (Å²) in [5.74, 6) is -0.812. The summed E-state index contributed by atoms with van der Waals surface area (Å²) in [7, 11) is 0. The number of carboxylic acids is 1. The van der Waals surface area contributed by atoms with Gasteiger partial charge in [-0.2, -0.15) is 0 Å². The van der Waals surface area contributed by atoms with Crippen molar-refractivity contribution in [2.45, 2.75) is 32.4 Å². The van der Waals surface area contributed by atoms with Crippen molar-refractivity contribution < 1.29 is 9.90 Å². The second-order valence-corrected chi connectivity index (χ2v) is 6.12. The zero-order chi connectivity index (χ0) is 15.4. The summed E-state index contributed by atoms with van der Waals surface area (Å²) in [5, 5.41) is 10.2. The molecule has 1 aliphatic rings. The quantitative estimate of drug-likeness (QED) is 0.908. The van der Waals surface area contributed by atoms with Gasteiger partial charge in [0.1, 0.15) is 6.04 Å². The first-order valence-electron chi connectivity index (χ1n) is 7.49. The van der Waals surface area contributed by atoms with Crippen LogP contribution < -0.4 is 0 Å². The largest absolute Gasteiger partial charge is 0.480 e. The van der Waals surface area contributed by atoms with Crippen molar-refractivity contribution in [3.8, 4) is 0 Å². The highest BCUT2D eigenvalue weighted by Gasteiger charge is 2.34. The number of benzene rings is 1. The number of hydrogen-bond donors (Lipinski definition) is 1. The maximum atomic E-state index is 11.8. The standard InChI is InChI=1S/C16H23ClN2O2/c1-3-7-18-8-9-19(12(2)11-18)15(16(20)21)13-5-4-6-14(17)10-13/h4-6,10,12,15H,3,7-9,11H2,1-2H3,(H,20,21). The molecule has 0 aliphatic carbocycles. The van der Waals surface area contributed by atoms with Crippen molar-refractivity contribution in [3.63, 3.8) is 0 Å². The highest BCUT2D eigenvalue weighted by atomic mass is 35.5. The number of halogens is 1. The van der Waals surface area contributed by atoms with E-state index in [9.17, 15) is 9.90 Å². The summed E-state index contributed by atoms with van der Waals surface area (Å²) in [6, 6.07) is 6.77. The molecule has 21 heavy (non-hydrogen) atoms. The number of carbonyl (C=O) groups is 1. The lowest BCUT2D eigenvalue weighted by molar-refractivity contribution is -0.145. The first-order valence-corrected chi connectivity index (χ1v) is 7.87. The molecular weight excluding hydrogens is 288 g/mol. The van der Waals surface area contributed by atoms with E-state index < -0.39 is 12.0 Å². The molecule has 2 rings (SSSR count). The van der Waals surface area contributed by atoms with E-state index in [2.05, 4.69) is 23.6 Å². The fourth-order valence-corrected chi connectivity index (χ4v) is 3.30. The summed E-state index contributed by atoms with van der Waals surface area (Å²) >= 11 is 6.01. The number of nitrogens with zero attached hydrogens (tertiary/aromatic N) is 2. The third-order valence-corrected chi connectivity index (χ3v) is 4.27. The van der Waals surface area contributed by atoms with Crippen molar-refractivity contribution >= 4 is 17.6 Å². The Balaban J connectivity index is 2.18. The van der Waals surface area contributed by atoms with E-state index in [1.165, 1.54) is 0 Å². The molecule has 2 atom stereocenters. The Labute approximate surface area is 131 Å². The molecule has 1 heterocycles. The van der Waals surface area contributed by atoms with Crippen molar-refractivity contribution in [1.82, 2.24) is 9.80 Å². The van der Waals surface area contributed by atoms with Gasteiger partial charge in [-0.05, 0) is 37.6 Å². The van der Waals surface area contributed by atoms with E-state index in [1.54, 1.807) is 12.1 Å². The van der Waals surface area contributed by atoms with E-state index in [4.69, 9.17) is 11.6 Å². The average Bonchev–Trinajstić information content (AvgIpc) is 2.42. The summed E-state index contributed by atoms with van der Waals surface area (Å²) < 4.78 is 0. The van der Waals surface area contributed by atoms with Gasteiger partial charge in [-0.1, -0.05) is 30.7 Å². The number of rotatable bonds is 5. The molecule has 1 aromatic carbocycles. The lowest BCUT2D eigenvalue weighted by Gasteiger charge is -2.42. The summed E-state index contributed by atoms with van der Waals surface area (Å²) in [4.78, 5) is 16.2. The fourth-order valence-electron chi connectivity index (χ4n) is 3.10. The van der Waals surface area contributed by atoms with Crippen LogP contribution in [0, 0.1) is 0 Å². The molecule has 1 N–H and O–H groups in total. The molecule has 1 aliphatic heterocycles. The van der Waals surface area contributed by atoms with Crippen LogP contribution in [0.5, 0.6) is 0 Å². The Hall–Kier alpha value is -1.10. The van der Waals surface area contributed by atoms with Gasteiger partial charge in [0.15, 0.2) is 0 Å². The molecule has 1 aromatic rings. The van der Waals surface area contributed by atoms with Crippen molar-refractivity contribution in [3.05, 3.63) is 34.9 Å². The molecule has 0 aromatic heterocycles. The minimum atomic E-state index is -0.812. The first-order chi connectivity index (χ1) is 10.0. The molecule has 5 heteroatoms. The van der Waals surface area contributed by atoms with Crippen molar-refractivity contribution in [2.24, 2.45) is 0 Å². The zero-order valence-corrected chi connectivity index (χ0v) is 13.4. The first kappa shape index (κ1) is 16.3. The van der Waals surface area contributed by atoms with Crippen LogP contribution in [-0.2, 0) is 4.79 Å². The second-order valence-electron chi connectivity index (χ2n) is 5.68. The molecule has 2 unspecified atom stereocenters. The van der Waals surface area contributed by atoms with Gasteiger partial charge in [-0.25, -0.2) is 0 Å². The van der Waals surface area contributed by atoms with Crippen LogP contribution in [0.4, 0.5) is 0 Å². The number of aliphatic carboxylic acids is 1. The number of piperazine rings is 1. The zero-order valence-electron chi connectivity index (χ0n) is 12.6. The molecule has 0 spiro atoms.